The summed E-state index contributed by atoms with van der Waals surface area (Å²) in [5.74, 6) is 2.65. The predicted molar refractivity (Wildman–Crippen MR) is 129 cm³/mol. The molecule has 0 aliphatic heterocycles. The molecule has 0 saturated carbocycles. The Balaban J connectivity index is 0.00000420. The zero-order chi connectivity index (χ0) is 20.2. The first kappa shape index (κ1) is 24.9. The van der Waals surface area contributed by atoms with Crippen molar-refractivity contribution in [1.29, 1.82) is 0 Å². The Morgan fingerprint density at radius 2 is 1.55 bits per heavy atom. The molecular weight excluding hydrogens is 481 g/mol. The number of hydrogen-bond donors (Lipinski definition) is 2. The van der Waals surface area contributed by atoms with Gasteiger partial charge in [0.15, 0.2) is 17.5 Å². The van der Waals surface area contributed by atoms with Crippen molar-refractivity contribution in [2.45, 2.75) is 26.3 Å². The summed E-state index contributed by atoms with van der Waals surface area (Å²) in [5.41, 5.74) is 2.33. The summed E-state index contributed by atoms with van der Waals surface area (Å²) in [6.45, 7) is 4.22. The number of guanidine groups is 1. The second kappa shape index (κ2) is 13.9. The highest BCUT2D eigenvalue weighted by Gasteiger charge is 2.13. The van der Waals surface area contributed by atoms with Crippen molar-refractivity contribution < 1.29 is 14.2 Å². The topological polar surface area (TPSA) is 64.1 Å². The van der Waals surface area contributed by atoms with E-state index in [0.717, 1.165) is 37.5 Å². The quantitative estimate of drug-likeness (QED) is 0.218. The number of nitrogens with one attached hydrogen (secondary N) is 2. The minimum absolute atomic E-state index is 0. The van der Waals surface area contributed by atoms with Crippen molar-refractivity contribution in [1.82, 2.24) is 10.6 Å². The first-order valence-electron chi connectivity index (χ1n) is 9.56. The van der Waals surface area contributed by atoms with Gasteiger partial charge in [-0.3, -0.25) is 0 Å². The van der Waals surface area contributed by atoms with E-state index in [1.165, 1.54) is 5.56 Å². The number of ether oxygens (including phenoxy) is 3. The highest BCUT2D eigenvalue weighted by Crippen LogP contribution is 2.38. The van der Waals surface area contributed by atoms with Gasteiger partial charge in [-0.05, 0) is 43.0 Å². The zero-order valence-electron chi connectivity index (χ0n) is 17.7. The molecule has 0 saturated heterocycles. The molecule has 2 aromatic carbocycles. The number of aryl methyl sites for hydroxylation is 1. The van der Waals surface area contributed by atoms with E-state index in [1.54, 1.807) is 21.3 Å². The zero-order valence-corrected chi connectivity index (χ0v) is 20.0. The third-order valence-electron chi connectivity index (χ3n) is 4.27. The van der Waals surface area contributed by atoms with Crippen LogP contribution < -0.4 is 24.8 Å². The van der Waals surface area contributed by atoms with Crippen LogP contribution in [-0.4, -0.2) is 40.4 Å². The van der Waals surface area contributed by atoms with E-state index >= 15 is 0 Å². The largest absolute Gasteiger partial charge is 0.493 e. The Hall–Kier alpha value is -2.16. The number of methoxy groups -OCH3 is 3. The van der Waals surface area contributed by atoms with Crippen LogP contribution in [0.1, 0.15) is 24.5 Å². The second-order valence-electron chi connectivity index (χ2n) is 6.24. The standard InChI is InChI=1S/C22H31N3O3.HI/c1-5-23-22(24-13-9-12-17-10-7-6-8-11-17)25-16-18-14-19(26-2)21(28-4)20(15-18)27-3;/h6-8,10-11,14-15H,5,9,12-13,16H2,1-4H3,(H2,23,24,25);1H. The second-order valence-corrected chi connectivity index (χ2v) is 6.24. The fourth-order valence-corrected chi connectivity index (χ4v) is 2.88. The van der Waals surface area contributed by atoms with Gasteiger partial charge >= 0.3 is 0 Å². The predicted octanol–water partition coefficient (Wildman–Crippen LogP) is 4.02. The van der Waals surface area contributed by atoms with Crippen LogP contribution in [0, 0.1) is 0 Å². The molecular formula is C22H32IN3O3. The molecule has 0 aliphatic carbocycles. The van der Waals surface area contributed by atoms with E-state index in [0.29, 0.717) is 23.8 Å². The van der Waals surface area contributed by atoms with Crippen molar-refractivity contribution in [2.75, 3.05) is 34.4 Å². The fraction of sp³-hybridized carbons (Fsp3) is 0.409. The van der Waals surface area contributed by atoms with E-state index in [1.807, 2.05) is 18.2 Å². The Bertz CT molecular complexity index is 729. The molecule has 0 atom stereocenters. The molecule has 0 radical (unpaired) electrons. The van der Waals surface area contributed by atoms with Crippen LogP contribution in [0.25, 0.3) is 0 Å². The van der Waals surface area contributed by atoms with E-state index in [9.17, 15) is 0 Å². The van der Waals surface area contributed by atoms with Crippen LogP contribution >= 0.6 is 24.0 Å². The average Bonchev–Trinajstić information content (AvgIpc) is 2.74. The maximum Gasteiger partial charge on any atom is 0.203 e. The molecule has 2 rings (SSSR count). The summed E-state index contributed by atoms with van der Waals surface area (Å²) >= 11 is 0. The van der Waals surface area contributed by atoms with E-state index in [2.05, 4.69) is 46.8 Å². The fourth-order valence-electron chi connectivity index (χ4n) is 2.88. The maximum absolute atomic E-state index is 5.41. The summed E-state index contributed by atoms with van der Waals surface area (Å²) in [6.07, 6.45) is 2.08. The van der Waals surface area contributed by atoms with Crippen LogP contribution in [0.5, 0.6) is 17.2 Å². The molecule has 160 valence electrons. The molecule has 2 aromatic rings. The molecule has 0 amide bonds. The highest BCUT2D eigenvalue weighted by atomic mass is 127. The van der Waals surface area contributed by atoms with E-state index in [-0.39, 0.29) is 24.0 Å². The van der Waals surface area contributed by atoms with Gasteiger partial charge in [-0.15, -0.1) is 24.0 Å². The van der Waals surface area contributed by atoms with Crippen LogP contribution in [0.4, 0.5) is 0 Å². The van der Waals surface area contributed by atoms with Gasteiger partial charge in [-0.25, -0.2) is 4.99 Å². The third kappa shape index (κ3) is 8.00. The number of aliphatic imine (C=N–C) groups is 1. The number of halogens is 1. The van der Waals surface area contributed by atoms with Gasteiger partial charge in [0.2, 0.25) is 5.75 Å². The highest BCUT2D eigenvalue weighted by molar-refractivity contribution is 14.0. The molecule has 29 heavy (non-hydrogen) atoms. The minimum Gasteiger partial charge on any atom is -0.493 e. The smallest absolute Gasteiger partial charge is 0.203 e. The summed E-state index contributed by atoms with van der Waals surface area (Å²) in [7, 11) is 4.83. The third-order valence-corrected chi connectivity index (χ3v) is 4.27. The number of hydrogen-bond acceptors (Lipinski definition) is 4. The van der Waals surface area contributed by atoms with Crippen molar-refractivity contribution >= 4 is 29.9 Å². The average molecular weight is 513 g/mol. The SMILES string of the molecule is CCNC(=NCc1cc(OC)c(OC)c(OC)c1)NCCCc1ccccc1.I. The summed E-state index contributed by atoms with van der Waals surface area (Å²) in [5, 5.41) is 6.68. The van der Waals surface area contributed by atoms with Gasteiger partial charge in [0.25, 0.3) is 0 Å². The number of nitrogens with zero attached hydrogens (tertiary/aromatic N) is 1. The number of benzene rings is 2. The maximum atomic E-state index is 5.41. The van der Waals surface area contributed by atoms with E-state index in [4.69, 9.17) is 14.2 Å². The molecule has 0 unspecified atom stereocenters. The molecule has 0 aromatic heterocycles. The Morgan fingerprint density at radius 1 is 0.897 bits per heavy atom. The molecule has 0 bridgehead atoms. The van der Waals surface area contributed by atoms with Crippen molar-refractivity contribution in [2.24, 2.45) is 4.99 Å². The van der Waals surface area contributed by atoms with Gasteiger partial charge in [-0.1, -0.05) is 30.3 Å². The lowest BCUT2D eigenvalue weighted by molar-refractivity contribution is 0.324. The van der Waals surface area contributed by atoms with Gasteiger partial charge in [0.1, 0.15) is 0 Å². The molecule has 2 N–H and O–H groups in total. The van der Waals surface area contributed by atoms with Gasteiger partial charge < -0.3 is 24.8 Å². The lowest BCUT2D eigenvalue weighted by Gasteiger charge is -2.14. The Morgan fingerprint density at radius 3 is 2.10 bits per heavy atom. The molecule has 0 fully saturated rings. The first-order valence-corrected chi connectivity index (χ1v) is 9.56. The first-order chi connectivity index (χ1) is 13.7. The summed E-state index contributed by atoms with van der Waals surface area (Å²) in [4.78, 5) is 4.68. The Labute approximate surface area is 191 Å². The molecule has 0 spiro atoms. The van der Waals surface area contributed by atoms with Crippen LogP contribution in [0.3, 0.4) is 0 Å². The molecule has 0 heterocycles. The monoisotopic (exact) mass is 513 g/mol. The van der Waals surface area contributed by atoms with Crippen LogP contribution in [0.15, 0.2) is 47.5 Å². The molecule has 7 heteroatoms. The normalized spacial score (nSPS) is 10.7. The van der Waals surface area contributed by atoms with Crippen molar-refractivity contribution in [3.05, 3.63) is 53.6 Å². The molecule has 0 aliphatic rings. The summed E-state index contributed by atoms with van der Waals surface area (Å²) in [6, 6.07) is 14.3. The Kier molecular flexibility index (Phi) is 11.9. The van der Waals surface area contributed by atoms with Crippen molar-refractivity contribution in [3.63, 3.8) is 0 Å². The van der Waals surface area contributed by atoms with Gasteiger partial charge in [-0.2, -0.15) is 0 Å². The lowest BCUT2D eigenvalue weighted by Crippen LogP contribution is -2.37. The summed E-state index contributed by atoms with van der Waals surface area (Å²) < 4.78 is 16.2. The van der Waals surface area contributed by atoms with Crippen molar-refractivity contribution in [3.8, 4) is 17.2 Å². The van der Waals surface area contributed by atoms with Gasteiger partial charge in [0.05, 0.1) is 27.9 Å². The van der Waals surface area contributed by atoms with E-state index < -0.39 is 0 Å². The van der Waals surface area contributed by atoms with Crippen LogP contribution in [-0.2, 0) is 13.0 Å². The number of rotatable bonds is 10. The molecule has 6 nitrogen and oxygen atoms in total. The van der Waals surface area contributed by atoms with Crippen LogP contribution in [0.2, 0.25) is 0 Å². The lowest BCUT2D eigenvalue weighted by atomic mass is 10.1. The van der Waals surface area contributed by atoms with Gasteiger partial charge in [0, 0.05) is 13.1 Å². The minimum atomic E-state index is 0.